The second-order valence-corrected chi connectivity index (χ2v) is 6.55. The Bertz CT molecular complexity index is 679. The summed E-state index contributed by atoms with van der Waals surface area (Å²) in [4.78, 5) is 26.3. The quantitative estimate of drug-likeness (QED) is 0.816. The summed E-state index contributed by atoms with van der Waals surface area (Å²) in [6.45, 7) is 3.54. The molecular weight excluding hydrogens is 310 g/mol. The van der Waals surface area contributed by atoms with Crippen LogP contribution in [0.4, 0.5) is 0 Å². The third-order valence-electron chi connectivity index (χ3n) is 3.44. The highest BCUT2D eigenvalue weighted by Crippen LogP contribution is 2.23. The van der Waals surface area contributed by atoms with Gasteiger partial charge in [-0.3, -0.25) is 9.59 Å². The van der Waals surface area contributed by atoms with Gasteiger partial charge in [0.05, 0.1) is 12.1 Å². The van der Waals surface area contributed by atoms with Gasteiger partial charge < -0.3 is 11.1 Å². The summed E-state index contributed by atoms with van der Waals surface area (Å²) in [5.41, 5.74) is 8.29. The van der Waals surface area contributed by atoms with Crippen LogP contribution in [0.2, 0.25) is 0 Å². The molecule has 2 rings (SSSR count). The van der Waals surface area contributed by atoms with Gasteiger partial charge in [-0.15, -0.1) is 11.3 Å². The van der Waals surface area contributed by atoms with Crippen molar-refractivity contribution in [3.8, 4) is 11.3 Å². The molecule has 1 atom stereocenters. The van der Waals surface area contributed by atoms with Gasteiger partial charge in [0.15, 0.2) is 0 Å². The Labute approximate surface area is 139 Å². The van der Waals surface area contributed by atoms with Gasteiger partial charge >= 0.3 is 0 Å². The monoisotopic (exact) mass is 331 g/mol. The highest BCUT2D eigenvalue weighted by atomic mass is 32.1. The van der Waals surface area contributed by atoms with Crippen LogP contribution in [-0.4, -0.2) is 22.8 Å². The summed E-state index contributed by atoms with van der Waals surface area (Å²) in [6.07, 6.45) is 1.99. The maximum absolute atomic E-state index is 11.0. The number of amides is 2. The van der Waals surface area contributed by atoms with Crippen molar-refractivity contribution in [3.05, 3.63) is 40.2 Å². The number of nitrogens with one attached hydrogen (secondary N) is 1. The van der Waals surface area contributed by atoms with Crippen molar-refractivity contribution in [2.24, 2.45) is 5.73 Å². The van der Waals surface area contributed by atoms with Crippen molar-refractivity contribution in [1.82, 2.24) is 10.3 Å². The Morgan fingerprint density at radius 3 is 2.61 bits per heavy atom. The summed E-state index contributed by atoms with van der Waals surface area (Å²) < 4.78 is 0. The number of rotatable bonds is 7. The first-order valence-electron chi connectivity index (χ1n) is 7.53. The number of aryl methyl sites for hydroxylation is 1. The molecule has 0 spiro atoms. The molecule has 0 radical (unpaired) electrons. The molecule has 0 aliphatic rings. The van der Waals surface area contributed by atoms with Gasteiger partial charge in [0, 0.05) is 23.9 Å². The first kappa shape index (κ1) is 17.1. The fourth-order valence-corrected chi connectivity index (χ4v) is 3.13. The van der Waals surface area contributed by atoms with E-state index in [9.17, 15) is 9.59 Å². The number of nitrogens with zero attached hydrogens (tertiary/aromatic N) is 1. The molecule has 23 heavy (non-hydrogen) atoms. The number of benzene rings is 1. The Morgan fingerprint density at radius 2 is 2.00 bits per heavy atom. The largest absolute Gasteiger partial charge is 0.369 e. The molecule has 0 aliphatic carbocycles. The van der Waals surface area contributed by atoms with Crippen LogP contribution in [0, 0.1) is 0 Å². The highest BCUT2D eigenvalue weighted by Gasteiger charge is 2.08. The van der Waals surface area contributed by atoms with Crippen molar-refractivity contribution in [1.29, 1.82) is 0 Å². The standard InChI is InChI=1S/C17H21N3O2S/c1-11(19-12(2)21)3-4-13-5-7-14(8-6-13)15-10-23-17(20-15)9-16(18)22/h5-8,10-11H,3-4,9H2,1-2H3,(H2,18,22)(H,19,21)/t11-/m1/s1. The van der Waals surface area contributed by atoms with E-state index in [4.69, 9.17) is 5.73 Å². The van der Waals surface area contributed by atoms with Crippen LogP contribution in [0.1, 0.15) is 30.8 Å². The number of hydrogen-bond acceptors (Lipinski definition) is 4. The summed E-state index contributed by atoms with van der Waals surface area (Å²) in [5, 5.41) is 5.56. The molecule has 6 heteroatoms. The zero-order valence-electron chi connectivity index (χ0n) is 13.3. The smallest absolute Gasteiger partial charge is 0.224 e. The predicted molar refractivity (Wildman–Crippen MR) is 92.0 cm³/mol. The second-order valence-electron chi connectivity index (χ2n) is 5.61. The molecule has 1 heterocycles. The predicted octanol–water partition coefficient (Wildman–Crippen LogP) is 2.30. The average molecular weight is 331 g/mol. The van der Waals surface area contributed by atoms with Gasteiger partial charge in [0.2, 0.25) is 11.8 Å². The third-order valence-corrected chi connectivity index (χ3v) is 4.29. The number of hydrogen-bond donors (Lipinski definition) is 2. The summed E-state index contributed by atoms with van der Waals surface area (Å²) >= 11 is 1.44. The van der Waals surface area contributed by atoms with E-state index in [0.717, 1.165) is 29.1 Å². The Balaban J connectivity index is 1.95. The zero-order chi connectivity index (χ0) is 16.8. The lowest BCUT2D eigenvalue weighted by Crippen LogP contribution is -2.30. The number of thiazole rings is 1. The minimum atomic E-state index is -0.366. The van der Waals surface area contributed by atoms with E-state index in [-0.39, 0.29) is 24.3 Å². The minimum Gasteiger partial charge on any atom is -0.369 e. The molecule has 122 valence electrons. The molecule has 5 nitrogen and oxygen atoms in total. The number of primary amides is 1. The van der Waals surface area contributed by atoms with E-state index < -0.39 is 0 Å². The summed E-state index contributed by atoms with van der Waals surface area (Å²) in [5.74, 6) is -0.363. The molecule has 0 fully saturated rings. The van der Waals surface area contributed by atoms with Gasteiger partial charge in [-0.05, 0) is 25.3 Å². The van der Waals surface area contributed by atoms with Crippen molar-refractivity contribution < 1.29 is 9.59 Å². The fourth-order valence-electron chi connectivity index (χ4n) is 2.32. The molecule has 0 unspecified atom stereocenters. The van der Waals surface area contributed by atoms with E-state index in [1.807, 2.05) is 24.4 Å². The lowest BCUT2D eigenvalue weighted by Gasteiger charge is -2.12. The van der Waals surface area contributed by atoms with Crippen LogP contribution in [0.15, 0.2) is 29.6 Å². The van der Waals surface area contributed by atoms with Crippen molar-refractivity contribution in [2.45, 2.75) is 39.2 Å². The molecule has 1 aromatic carbocycles. The maximum atomic E-state index is 11.0. The molecule has 0 bridgehead atoms. The first-order valence-corrected chi connectivity index (χ1v) is 8.41. The Morgan fingerprint density at radius 1 is 1.30 bits per heavy atom. The van der Waals surface area contributed by atoms with Crippen LogP contribution in [0.5, 0.6) is 0 Å². The van der Waals surface area contributed by atoms with Crippen LogP contribution in [0.25, 0.3) is 11.3 Å². The molecule has 0 aliphatic heterocycles. The summed E-state index contributed by atoms with van der Waals surface area (Å²) in [6, 6.07) is 8.37. The van der Waals surface area contributed by atoms with E-state index >= 15 is 0 Å². The highest BCUT2D eigenvalue weighted by molar-refractivity contribution is 7.10. The molecule has 1 aromatic heterocycles. The average Bonchev–Trinajstić information content (AvgIpc) is 2.92. The van der Waals surface area contributed by atoms with Crippen LogP contribution < -0.4 is 11.1 Å². The van der Waals surface area contributed by atoms with E-state index in [2.05, 4.69) is 22.4 Å². The van der Waals surface area contributed by atoms with E-state index in [1.54, 1.807) is 0 Å². The van der Waals surface area contributed by atoms with Gasteiger partial charge in [0.1, 0.15) is 5.01 Å². The van der Waals surface area contributed by atoms with Crippen molar-refractivity contribution in [3.63, 3.8) is 0 Å². The molecule has 2 amide bonds. The van der Waals surface area contributed by atoms with Crippen LogP contribution in [0.3, 0.4) is 0 Å². The SMILES string of the molecule is CC(=O)N[C@H](C)CCc1ccc(-c2csc(CC(N)=O)n2)cc1. The number of nitrogens with two attached hydrogens (primary N) is 1. The molecular formula is C17H21N3O2S. The second kappa shape index (κ2) is 7.87. The topological polar surface area (TPSA) is 85.1 Å². The first-order chi connectivity index (χ1) is 10.9. The number of carbonyl (C=O) groups is 2. The Hall–Kier alpha value is -2.21. The van der Waals surface area contributed by atoms with Gasteiger partial charge in [-0.25, -0.2) is 4.98 Å². The lowest BCUT2D eigenvalue weighted by atomic mass is 10.0. The number of aromatic nitrogens is 1. The molecule has 0 saturated carbocycles. The van der Waals surface area contributed by atoms with Crippen molar-refractivity contribution >= 4 is 23.2 Å². The van der Waals surface area contributed by atoms with Gasteiger partial charge in [-0.1, -0.05) is 24.3 Å². The third kappa shape index (κ3) is 5.49. The number of carbonyl (C=O) groups excluding carboxylic acids is 2. The van der Waals surface area contributed by atoms with Gasteiger partial charge in [-0.2, -0.15) is 0 Å². The minimum absolute atomic E-state index is 0.00291. The Kier molecular flexibility index (Phi) is 5.87. The van der Waals surface area contributed by atoms with E-state index in [0.29, 0.717) is 0 Å². The summed E-state index contributed by atoms with van der Waals surface area (Å²) in [7, 11) is 0. The molecule has 3 N–H and O–H groups in total. The molecule has 0 saturated heterocycles. The normalized spacial score (nSPS) is 11.9. The van der Waals surface area contributed by atoms with Gasteiger partial charge in [0.25, 0.3) is 0 Å². The lowest BCUT2D eigenvalue weighted by molar-refractivity contribution is -0.119. The zero-order valence-corrected chi connectivity index (χ0v) is 14.2. The van der Waals surface area contributed by atoms with E-state index in [1.165, 1.54) is 23.8 Å². The van der Waals surface area contributed by atoms with Crippen LogP contribution in [-0.2, 0) is 22.4 Å². The fraction of sp³-hybridized carbons (Fsp3) is 0.353. The maximum Gasteiger partial charge on any atom is 0.224 e. The van der Waals surface area contributed by atoms with Crippen LogP contribution >= 0.6 is 11.3 Å². The molecule has 2 aromatic rings. The van der Waals surface area contributed by atoms with Crippen molar-refractivity contribution in [2.75, 3.05) is 0 Å².